The van der Waals surface area contributed by atoms with Crippen LogP contribution in [0.1, 0.15) is 22.3 Å². The third kappa shape index (κ3) is 4.47. The molecule has 0 radical (unpaired) electrons. The Bertz CT molecular complexity index is 2870. The Hall–Kier alpha value is -7.17. The van der Waals surface area contributed by atoms with Crippen molar-refractivity contribution in [2.75, 3.05) is 0 Å². The summed E-state index contributed by atoms with van der Waals surface area (Å²) < 4.78 is 6.56. The van der Waals surface area contributed by atoms with Crippen LogP contribution in [-0.2, 0) is 5.41 Å². The number of ether oxygens (including phenoxy) is 1. The van der Waals surface area contributed by atoms with Gasteiger partial charge in [0, 0.05) is 27.8 Å². The molecule has 0 amide bonds. The minimum atomic E-state index is -0.580. The highest BCUT2D eigenvalue weighted by atomic mass is 16.5. The van der Waals surface area contributed by atoms with Gasteiger partial charge in [-0.05, 0) is 56.3 Å². The Morgan fingerprint density at radius 2 is 0.833 bits per heavy atom. The summed E-state index contributed by atoms with van der Waals surface area (Å²) in [4.78, 5) is 15.6. The molecule has 0 unspecified atom stereocenters. The van der Waals surface area contributed by atoms with E-state index in [9.17, 15) is 0 Å². The summed E-state index contributed by atoms with van der Waals surface area (Å²) in [6, 6.07) is 66.0. The molecule has 252 valence electrons. The fourth-order valence-electron chi connectivity index (χ4n) is 8.71. The summed E-state index contributed by atoms with van der Waals surface area (Å²) in [7, 11) is 0. The maximum absolute atomic E-state index is 6.56. The lowest BCUT2D eigenvalue weighted by Gasteiger charge is -2.39. The van der Waals surface area contributed by atoms with Gasteiger partial charge in [0.15, 0.2) is 17.5 Å². The molecule has 1 spiro atoms. The minimum Gasteiger partial charge on any atom is -0.457 e. The number of para-hydroxylation sites is 2. The normalized spacial score (nSPS) is 13.1. The maximum atomic E-state index is 6.56. The van der Waals surface area contributed by atoms with Crippen molar-refractivity contribution in [1.82, 2.24) is 15.0 Å². The van der Waals surface area contributed by atoms with Crippen LogP contribution < -0.4 is 4.74 Å². The molecule has 0 atom stereocenters. The summed E-state index contributed by atoms with van der Waals surface area (Å²) in [5, 5.41) is 2.45. The molecule has 0 fully saturated rings. The van der Waals surface area contributed by atoms with Crippen molar-refractivity contribution >= 4 is 10.8 Å². The second-order valence-corrected chi connectivity index (χ2v) is 13.9. The van der Waals surface area contributed by atoms with E-state index in [1.54, 1.807) is 0 Å². The highest BCUT2D eigenvalue weighted by molar-refractivity contribution is 5.97. The van der Waals surface area contributed by atoms with Crippen LogP contribution >= 0.6 is 0 Å². The molecule has 4 nitrogen and oxygen atoms in total. The number of benzene rings is 8. The zero-order valence-electron chi connectivity index (χ0n) is 29.1. The molecule has 0 N–H and O–H groups in total. The number of nitrogens with zero attached hydrogens (tertiary/aromatic N) is 3. The van der Waals surface area contributed by atoms with Gasteiger partial charge >= 0.3 is 0 Å². The fraction of sp³-hybridized carbons (Fsp3) is 0.0200. The fourth-order valence-corrected chi connectivity index (χ4v) is 8.71. The topological polar surface area (TPSA) is 47.9 Å². The van der Waals surface area contributed by atoms with Crippen molar-refractivity contribution in [3.05, 3.63) is 210 Å². The van der Waals surface area contributed by atoms with Gasteiger partial charge in [-0.25, -0.2) is 15.0 Å². The van der Waals surface area contributed by atoms with Crippen LogP contribution in [-0.4, -0.2) is 15.0 Å². The lowest BCUT2D eigenvalue weighted by Crippen LogP contribution is -2.32. The van der Waals surface area contributed by atoms with Crippen molar-refractivity contribution in [2.24, 2.45) is 0 Å². The molecule has 9 aromatic rings. The van der Waals surface area contributed by atoms with Gasteiger partial charge in [0.05, 0.1) is 5.41 Å². The first-order chi connectivity index (χ1) is 26.8. The van der Waals surface area contributed by atoms with Crippen LogP contribution in [0.4, 0.5) is 0 Å². The highest BCUT2D eigenvalue weighted by Crippen LogP contribution is 2.63. The molecule has 1 aromatic heterocycles. The van der Waals surface area contributed by atoms with Crippen molar-refractivity contribution in [3.63, 3.8) is 0 Å². The van der Waals surface area contributed by atoms with Crippen molar-refractivity contribution < 1.29 is 4.74 Å². The smallest absolute Gasteiger partial charge is 0.164 e. The van der Waals surface area contributed by atoms with Gasteiger partial charge < -0.3 is 4.74 Å². The molecule has 54 heavy (non-hydrogen) atoms. The summed E-state index contributed by atoms with van der Waals surface area (Å²) >= 11 is 0. The number of fused-ring (bicyclic) bond motifs is 10. The molecule has 8 aromatic carbocycles. The Kier molecular flexibility index (Phi) is 6.73. The number of hydrogen-bond acceptors (Lipinski definition) is 4. The molecule has 1 aliphatic heterocycles. The van der Waals surface area contributed by atoms with E-state index in [1.807, 2.05) is 30.3 Å². The largest absolute Gasteiger partial charge is 0.457 e. The third-order valence-corrected chi connectivity index (χ3v) is 11.0. The number of aromatic nitrogens is 3. The third-order valence-electron chi connectivity index (χ3n) is 11.0. The molecule has 4 heteroatoms. The van der Waals surface area contributed by atoms with Gasteiger partial charge in [-0.2, -0.15) is 0 Å². The van der Waals surface area contributed by atoms with Crippen LogP contribution in [0.25, 0.3) is 67.2 Å². The standard InChI is InChI=1S/C50H31N3O/c1-2-15-34(16-3-1)47-51-48(35-30-28-33(29-31-35)37-20-12-17-32-14-4-5-18-36(32)37)53-49(52-47)39-21-13-25-43-46(39)38-19-6-7-22-40(38)50(43)41-23-8-10-26-44(41)54-45-27-11-9-24-42(45)50/h1-31H. The van der Waals surface area contributed by atoms with E-state index < -0.39 is 5.41 Å². The van der Waals surface area contributed by atoms with Gasteiger partial charge in [0.2, 0.25) is 0 Å². The van der Waals surface area contributed by atoms with Gasteiger partial charge in [-0.1, -0.05) is 176 Å². The van der Waals surface area contributed by atoms with Crippen LogP contribution in [0.2, 0.25) is 0 Å². The zero-order chi connectivity index (χ0) is 35.6. The molecule has 1 aliphatic carbocycles. The number of rotatable bonds is 4. The predicted octanol–water partition coefficient (Wildman–Crippen LogP) is 12.2. The van der Waals surface area contributed by atoms with Crippen LogP contribution in [0.15, 0.2) is 188 Å². The van der Waals surface area contributed by atoms with E-state index in [1.165, 1.54) is 27.5 Å². The molecular weight excluding hydrogens is 659 g/mol. The average molecular weight is 690 g/mol. The molecule has 0 saturated carbocycles. The van der Waals surface area contributed by atoms with E-state index in [2.05, 4.69) is 158 Å². The Balaban J connectivity index is 1.13. The van der Waals surface area contributed by atoms with Gasteiger partial charge in [-0.3, -0.25) is 0 Å². The minimum absolute atomic E-state index is 0.580. The van der Waals surface area contributed by atoms with E-state index in [0.29, 0.717) is 17.5 Å². The highest BCUT2D eigenvalue weighted by Gasteiger charge is 2.51. The monoisotopic (exact) mass is 689 g/mol. The lowest BCUT2D eigenvalue weighted by molar-refractivity contribution is 0.436. The lowest BCUT2D eigenvalue weighted by atomic mass is 9.66. The second-order valence-electron chi connectivity index (χ2n) is 13.9. The van der Waals surface area contributed by atoms with Crippen LogP contribution in [0.5, 0.6) is 11.5 Å². The number of hydrogen-bond donors (Lipinski definition) is 0. The predicted molar refractivity (Wildman–Crippen MR) is 216 cm³/mol. The molecule has 0 bridgehead atoms. The molecular formula is C50H31N3O. The van der Waals surface area contributed by atoms with Gasteiger partial charge in [0.1, 0.15) is 11.5 Å². The molecule has 0 saturated heterocycles. The first-order valence-electron chi connectivity index (χ1n) is 18.3. The average Bonchev–Trinajstić information content (AvgIpc) is 3.54. The van der Waals surface area contributed by atoms with Crippen molar-refractivity contribution in [1.29, 1.82) is 0 Å². The van der Waals surface area contributed by atoms with Gasteiger partial charge in [-0.15, -0.1) is 0 Å². The first-order valence-corrected chi connectivity index (χ1v) is 18.3. The van der Waals surface area contributed by atoms with Crippen LogP contribution in [0, 0.1) is 0 Å². The summed E-state index contributed by atoms with van der Waals surface area (Å²) in [5.41, 5.74) is 11.5. The Labute approximate surface area is 313 Å². The van der Waals surface area contributed by atoms with E-state index >= 15 is 0 Å². The van der Waals surface area contributed by atoms with Crippen LogP contribution in [0.3, 0.4) is 0 Å². The molecule has 11 rings (SSSR count). The second kappa shape index (κ2) is 11.9. The van der Waals surface area contributed by atoms with Crippen molar-refractivity contribution in [3.8, 4) is 67.9 Å². The quantitative estimate of drug-likeness (QED) is 0.185. The summed E-state index contributed by atoms with van der Waals surface area (Å²) in [6.07, 6.45) is 0. The Morgan fingerprint density at radius 1 is 0.333 bits per heavy atom. The zero-order valence-corrected chi connectivity index (χ0v) is 29.1. The SMILES string of the molecule is c1ccc(-c2nc(-c3ccc(-c4cccc5ccccc45)cc3)nc(-c3cccc4c3-c3ccccc3C43c4ccccc4Oc4ccccc43)n2)cc1. The Morgan fingerprint density at radius 3 is 1.59 bits per heavy atom. The van der Waals surface area contributed by atoms with E-state index in [0.717, 1.165) is 56.0 Å². The molecule has 2 aliphatic rings. The maximum Gasteiger partial charge on any atom is 0.164 e. The molecule has 2 heterocycles. The van der Waals surface area contributed by atoms with Gasteiger partial charge in [0.25, 0.3) is 0 Å². The van der Waals surface area contributed by atoms with E-state index in [-0.39, 0.29) is 0 Å². The van der Waals surface area contributed by atoms with E-state index in [4.69, 9.17) is 19.7 Å². The van der Waals surface area contributed by atoms with Crippen molar-refractivity contribution in [2.45, 2.75) is 5.41 Å². The summed E-state index contributed by atoms with van der Waals surface area (Å²) in [5.74, 6) is 3.63. The first kappa shape index (κ1) is 30.5. The summed E-state index contributed by atoms with van der Waals surface area (Å²) in [6.45, 7) is 0.